The second-order valence-electron chi connectivity index (χ2n) is 6.08. The van der Waals surface area contributed by atoms with Crippen molar-refractivity contribution in [1.29, 1.82) is 0 Å². The fourth-order valence-electron chi connectivity index (χ4n) is 2.33. The summed E-state index contributed by atoms with van der Waals surface area (Å²) in [5, 5.41) is 5.77. The highest BCUT2D eigenvalue weighted by Gasteiger charge is 2.07. The van der Waals surface area contributed by atoms with E-state index in [-0.39, 0.29) is 11.8 Å². The van der Waals surface area contributed by atoms with Crippen molar-refractivity contribution in [2.24, 2.45) is 0 Å². The maximum atomic E-state index is 12.0. The predicted octanol–water partition coefficient (Wildman–Crippen LogP) is 4.31. The molecular weight excluding hydrogens is 332 g/mol. The summed E-state index contributed by atoms with van der Waals surface area (Å²) >= 11 is 1.46. The zero-order valence-corrected chi connectivity index (χ0v) is 15.7. The number of amides is 2. The molecule has 0 heterocycles. The Bertz CT molecular complexity index is 742. The lowest BCUT2D eigenvalue weighted by Gasteiger charge is -2.09. The van der Waals surface area contributed by atoms with E-state index < -0.39 is 0 Å². The van der Waals surface area contributed by atoms with E-state index in [4.69, 9.17) is 0 Å². The van der Waals surface area contributed by atoms with Gasteiger partial charge in [-0.15, -0.1) is 0 Å². The standard InChI is InChI=1S/C20H24N2O2S/c1-14-4-7-17(8-5-14)21-20(24)13-25-11-10-19(23)22-18-9-6-15(2)12-16(18)3/h4-9,12H,10-11,13H2,1-3H3,(H,21,24)(H,22,23). The Labute approximate surface area is 153 Å². The minimum absolute atomic E-state index is 0.0293. The summed E-state index contributed by atoms with van der Waals surface area (Å²) in [6.45, 7) is 6.01. The molecular formula is C20H24N2O2S. The third-order valence-corrected chi connectivity index (χ3v) is 4.66. The van der Waals surface area contributed by atoms with Gasteiger partial charge in [0.15, 0.2) is 0 Å². The summed E-state index contributed by atoms with van der Waals surface area (Å²) in [6.07, 6.45) is 0.385. The first-order valence-electron chi connectivity index (χ1n) is 8.25. The molecule has 0 fully saturated rings. The van der Waals surface area contributed by atoms with Crippen molar-refractivity contribution in [3.8, 4) is 0 Å². The number of nitrogens with one attached hydrogen (secondary N) is 2. The second-order valence-corrected chi connectivity index (χ2v) is 7.19. The highest BCUT2D eigenvalue weighted by molar-refractivity contribution is 7.99. The molecule has 0 saturated heterocycles. The van der Waals surface area contributed by atoms with Gasteiger partial charge in [-0.05, 0) is 44.5 Å². The summed E-state index contributed by atoms with van der Waals surface area (Å²) < 4.78 is 0. The van der Waals surface area contributed by atoms with Crippen LogP contribution in [-0.4, -0.2) is 23.3 Å². The molecule has 0 unspecified atom stereocenters. The fraction of sp³-hybridized carbons (Fsp3) is 0.300. The van der Waals surface area contributed by atoms with Gasteiger partial charge in [0.05, 0.1) is 5.75 Å². The van der Waals surface area contributed by atoms with Crippen molar-refractivity contribution in [3.63, 3.8) is 0 Å². The Kier molecular flexibility index (Phi) is 7.07. The number of hydrogen-bond acceptors (Lipinski definition) is 3. The molecule has 0 aliphatic carbocycles. The van der Waals surface area contributed by atoms with Crippen LogP contribution in [0.4, 0.5) is 11.4 Å². The highest BCUT2D eigenvalue weighted by atomic mass is 32.2. The Hall–Kier alpha value is -2.27. The minimum atomic E-state index is -0.0522. The van der Waals surface area contributed by atoms with Crippen molar-refractivity contribution < 1.29 is 9.59 Å². The molecule has 0 bridgehead atoms. The average Bonchev–Trinajstić information content (AvgIpc) is 2.56. The molecule has 2 amide bonds. The number of anilines is 2. The lowest BCUT2D eigenvalue weighted by Crippen LogP contribution is -2.16. The molecule has 0 aliphatic heterocycles. The van der Waals surface area contributed by atoms with Crippen LogP contribution in [0.5, 0.6) is 0 Å². The molecule has 2 rings (SSSR count). The molecule has 0 saturated carbocycles. The summed E-state index contributed by atoms with van der Waals surface area (Å²) in [4.78, 5) is 23.9. The van der Waals surface area contributed by atoms with E-state index in [1.54, 1.807) is 0 Å². The molecule has 0 spiro atoms. The number of thioether (sulfide) groups is 1. The second kappa shape index (κ2) is 9.28. The van der Waals surface area contributed by atoms with Crippen molar-refractivity contribution in [2.75, 3.05) is 22.1 Å². The SMILES string of the molecule is Cc1ccc(NC(=O)CSCCC(=O)Nc2ccc(C)cc2C)cc1. The van der Waals surface area contributed by atoms with E-state index >= 15 is 0 Å². The normalized spacial score (nSPS) is 10.4. The number of hydrogen-bond donors (Lipinski definition) is 2. The summed E-state index contributed by atoms with van der Waals surface area (Å²) in [6, 6.07) is 13.6. The van der Waals surface area contributed by atoms with Gasteiger partial charge in [-0.2, -0.15) is 11.8 Å². The first-order valence-corrected chi connectivity index (χ1v) is 9.41. The monoisotopic (exact) mass is 356 g/mol. The highest BCUT2D eigenvalue weighted by Crippen LogP contribution is 2.16. The third-order valence-electron chi connectivity index (χ3n) is 3.70. The van der Waals surface area contributed by atoms with Gasteiger partial charge in [0.1, 0.15) is 0 Å². The van der Waals surface area contributed by atoms with Gasteiger partial charge in [0.2, 0.25) is 11.8 Å². The topological polar surface area (TPSA) is 58.2 Å². The zero-order valence-electron chi connectivity index (χ0n) is 14.9. The summed E-state index contributed by atoms with van der Waals surface area (Å²) in [7, 11) is 0. The average molecular weight is 356 g/mol. The molecule has 4 nitrogen and oxygen atoms in total. The fourth-order valence-corrected chi connectivity index (χ4v) is 3.06. The largest absolute Gasteiger partial charge is 0.326 e. The van der Waals surface area contributed by atoms with Crippen molar-refractivity contribution >= 4 is 35.0 Å². The van der Waals surface area contributed by atoms with Crippen LogP contribution in [0, 0.1) is 20.8 Å². The number of rotatable bonds is 7. The van der Waals surface area contributed by atoms with Crippen molar-refractivity contribution in [1.82, 2.24) is 0 Å². The molecule has 0 aliphatic rings. The first kappa shape index (κ1) is 19.1. The Balaban J connectivity index is 1.67. The molecule has 2 aromatic carbocycles. The van der Waals surface area contributed by atoms with Crippen LogP contribution < -0.4 is 10.6 Å². The van der Waals surface area contributed by atoms with Gasteiger partial charge in [-0.25, -0.2) is 0 Å². The Morgan fingerprint density at radius 2 is 1.56 bits per heavy atom. The maximum Gasteiger partial charge on any atom is 0.234 e. The number of carbonyl (C=O) groups excluding carboxylic acids is 2. The molecule has 5 heteroatoms. The van der Waals surface area contributed by atoms with E-state index in [1.807, 2.05) is 63.2 Å². The summed E-state index contributed by atoms with van der Waals surface area (Å²) in [5.74, 6) is 0.866. The van der Waals surface area contributed by atoms with E-state index in [0.717, 1.165) is 22.5 Å². The van der Waals surface area contributed by atoms with Gasteiger partial charge in [0, 0.05) is 23.5 Å². The van der Waals surface area contributed by atoms with Crippen LogP contribution in [0.2, 0.25) is 0 Å². The first-order chi connectivity index (χ1) is 11.9. The smallest absolute Gasteiger partial charge is 0.234 e. The molecule has 0 radical (unpaired) electrons. The zero-order chi connectivity index (χ0) is 18.2. The molecule has 132 valence electrons. The van der Waals surface area contributed by atoms with Crippen molar-refractivity contribution in [2.45, 2.75) is 27.2 Å². The van der Waals surface area contributed by atoms with Crippen LogP contribution >= 0.6 is 11.8 Å². The van der Waals surface area contributed by atoms with E-state index in [1.165, 1.54) is 17.3 Å². The summed E-state index contributed by atoms with van der Waals surface area (Å²) in [5.41, 5.74) is 5.02. The van der Waals surface area contributed by atoms with Crippen molar-refractivity contribution in [3.05, 3.63) is 59.2 Å². The van der Waals surface area contributed by atoms with E-state index in [9.17, 15) is 9.59 Å². The lowest BCUT2D eigenvalue weighted by molar-refractivity contribution is -0.116. The van der Waals surface area contributed by atoms with Gasteiger partial charge >= 0.3 is 0 Å². The molecule has 2 aromatic rings. The van der Waals surface area contributed by atoms with Crippen LogP contribution in [0.1, 0.15) is 23.1 Å². The predicted molar refractivity (Wildman–Crippen MR) is 106 cm³/mol. The van der Waals surface area contributed by atoms with Crippen LogP contribution in [-0.2, 0) is 9.59 Å². The van der Waals surface area contributed by atoms with Gasteiger partial charge in [-0.1, -0.05) is 35.4 Å². The third kappa shape index (κ3) is 6.63. The number of aryl methyl sites for hydroxylation is 3. The van der Waals surface area contributed by atoms with E-state index in [2.05, 4.69) is 10.6 Å². The molecule has 0 atom stereocenters. The molecule has 2 N–H and O–H groups in total. The lowest BCUT2D eigenvalue weighted by atomic mass is 10.1. The quantitative estimate of drug-likeness (QED) is 0.727. The van der Waals surface area contributed by atoms with E-state index in [0.29, 0.717) is 17.9 Å². The molecule has 25 heavy (non-hydrogen) atoms. The Morgan fingerprint density at radius 3 is 2.24 bits per heavy atom. The van der Waals surface area contributed by atoms with Gasteiger partial charge in [0.25, 0.3) is 0 Å². The number of carbonyl (C=O) groups is 2. The van der Waals surface area contributed by atoms with Gasteiger partial charge < -0.3 is 10.6 Å². The van der Waals surface area contributed by atoms with Crippen LogP contribution in [0.25, 0.3) is 0 Å². The Morgan fingerprint density at radius 1 is 0.880 bits per heavy atom. The number of benzene rings is 2. The molecule has 0 aromatic heterocycles. The van der Waals surface area contributed by atoms with Gasteiger partial charge in [-0.3, -0.25) is 9.59 Å². The van der Waals surface area contributed by atoms with Crippen LogP contribution in [0.15, 0.2) is 42.5 Å². The minimum Gasteiger partial charge on any atom is -0.326 e. The maximum absolute atomic E-state index is 12.0. The van der Waals surface area contributed by atoms with Crippen LogP contribution in [0.3, 0.4) is 0 Å².